The van der Waals surface area contributed by atoms with E-state index in [1.165, 1.54) is 11.1 Å². The highest BCUT2D eigenvalue weighted by atomic mass is 35.5. The third kappa shape index (κ3) is 7.89. The molecule has 1 spiro atoms. The number of aryl methyl sites for hydroxylation is 1. The second-order valence-corrected chi connectivity index (χ2v) is 17.3. The van der Waals surface area contributed by atoms with Crippen LogP contribution in [0.1, 0.15) is 73.9 Å². The van der Waals surface area contributed by atoms with Gasteiger partial charge in [-0.25, -0.2) is 4.21 Å². The summed E-state index contributed by atoms with van der Waals surface area (Å²) in [6.07, 6.45) is 10.9. The molecule has 2 amide bonds. The summed E-state index contributed by atoms with van der Waals surface area (Å²) in [5, 5.41) is 0.518. The molecule has 2 aromatic rings. The fourth-order valence-corrected chi connectivity index (χ4v) is 9.45. The van der Waals surface area contributed by atoms with E-state index in [1.807, 2.05) is 51.2 Å². The molecule has 0 aromatic heterocycles. The lowest BCUT2D eigenvalue weighted by molar-refractivity contribution is -0.131. The van der Waals surface area contributed by atoms with Crippen LogP contribution in [0.3, 0.4) is 0 Å². The normalized spacial score (nSPS) is 30.7. The average molecular weight is 709 g/mol. The second kappa shape index (κ2) is 15.2. The van der Waals surface area contributed by atoms with Crippen LogP contribution in [0.4, 0.5) is 5.69 Å². The number of anilines is 1. The molecule has 6 rings (SSSR count). The van der Waals surface area contributed by atoms with E-state index < -0.39 is 11.0 Å². The molecule has 1 N–H and O–H groups in total. The van der Waals surface area contributed by atoms with Crippen molar-refractivity contribution in [1.29, 1.82) is 0 Å². The van der Waals surface area contributed by atoms with Crippen molar-refractivity contribution in [3.05, 3.63) is 70.3 Å². The van der Waals surface area contributed by atoms with Gasteiger partial charge in [0.05, 0.1) is 17.5 Å². The summed E-state index contributed by atoms with van der Waals surface area (Å²) in [5.41, 5.74) is 3.75. The number of nitrogens with one attached hydrogen (secondary N) is 1. The van der Waals surface area contributed by atoms with Crippen LogP contribution in [0.15, 0.2) is 48.6 Å². The molecule has 2 aliphatic heterocycles. The lowest BCUT2D eigenvalue weighted by Crippen LogP contribution is -2.49. The minimum Gasteiger partial charge on any atom is -0.490 e. The van der Waals surface area contributed by atoms with Gasteiger partial charge < -0.3 is 19.4 Å². The zero-order valence-electron chi connectivity index (χ0n) is 29.8. The molecule has 1 fully saturated rings. The maximum atomic E-state index is 13.6. The van der Waals surface area contributed by atoms with Gasteiger partial charge in [0, 0.05) is 55.6 Å². The highest BCUT2D eigenvalue weighted by molar-refractivity contribution is 7.84. The van der Waals surface area contributed by atoms with E-state index in [0.29, 0.717) is 37.0 Å². The minimum atomic E-state index is -1.55. The molecule has 49 heavy (non-hydrogen) atoms. The summed E-state index contributed by atoms with van der Waals surface area (Å²) < 4.78 is 22.8. The number of likely N-dealkylation sites (N-methyl/N-ethyl adjacent to an activating group) is 2. The summed E-state index contributed by atoms with van der Waals surface area (Å²) >= 11 is 6.47. The largest absolute Gasteiger partial charge is 0.490 e. The highest BCUT2D eigenvalue weighted by Gasteiger charge is 2.44. The Labute approximate surface area is 300 Å². The zero-order chi connectivity index (χ0) is 34.9. The summed E-state index contributed by atoms with van der Waals surface area (Å²) in [4.78, 5) is 33.5. The minimum absolute atomic E-state index is 0.0852. The van der Waals surface area contributed by atoms with Gasteiger partial charge in [0.15, 0.2) is 0 Å². The van der Waals surface area contributed by atoms with Crippen LogP contribution in [0.25, 0.3) is 0 Å². The molecular formula is C39H53ClN4O4S. The van der Waals surface area contributed by atoms with Crippen molar-refractivity contribution in [1.82, 2.24) is 14.5 Å². The molecule has 2 heterocycles. The van der Waals surface area contributed by atoms with E-state index in [-0.39, 0.29) is 34.3 Å². The van der Waals surface area contributed by atoms with Crippen LogP contribution in [-0.2, 0) is 27.6 Å². The number of amides is 2. The predicted molar refractivity (Wildman–Crippen MR) is 199 cm³/mol. The van der Waals surface area contributed by atoms with Crippen LogP contribution < -0.4 is 14.4 Å². The Balaban J connectivity index is 1.37. The Morgan fingerprint density at radius 2 is 1.94 bits per heavy atom. The third-order valence-corrected chi connectivity index (χ3v) is 13.5. The molecule has 7 atom stereocenters. The van der Waals surface area contributed by atoms with Crippen molar-refractivity contribution in [2.75, 3.05) is 58.8 Å². The molecular weight excluding hydrogens is 656 g/mol. The molecule has 2 bridgehead atoms. The fraction of sp³-hybridized carbons (Fsp3) is 0.590. The van der Waals surface area contributed by atoms with Crippen LogP contribution in [0, 0.1) is 23.7 Å². The number of benzene rings is 2. The summed E-state index contributed by atoms with van der Waals surface area (Å²) in [6, 6.07) is 11.9. The van der Waals surface area contributed by atoms with E-state index in [0.717, 1.165) is 74.6 Å². The lowest BCUT2D eigenvalue weighted by atomic mass is 9.65. The molecule has 4 aliphatic rings. The Morgan fingerprint density at radius 1 is 1.12 bits per heavy atom. The van der Waals surface area contributed by atoms with Gasteiger partial charge in [-0.2, -0.15) is 0 Å². The average Bonchev–Trinajstić information content (AvgIpc) is 3.21. The number of hydrogen-bond donors (Lipinski definition) is 1. The van der Waals surface area contributed by atoms with Crippen molar-refractivity contribution in [2.45, 2.75) is 69.5 Å². The van der Waals surface area contributed by atoms with Gasteiger partial charge in [0.2, 0.25) is 5.91 Å². The number of hydrogen-bond acceptors (Lipinski definition) is 6. The number of ether oxygens (including phenoxy) is 1. The molecule has 266 valence electrons. The topological polar surface area (TPSA) is 82.2 Å². The van der Waals surface area contributed by atoms with Gasteiger partial charge in [-0.15, -0.1) is 0 Å². The van der Waals surface area contributed by atoms with Crippen molar-refractivity contribution < 1.29 is 18.5 Å². The molecule has 0 saturated heterocycles. The predicted octanol–water partition coefficient (Wildman–Crippen LogP) is 6.24. The van der Waals surface area contributed by atoms with Gasteiger partial charge in [-0.1, -0.05) is 36.7 Å². The van der Waals surface area contributed by atoms with Gasteiger partial charge in [-0.3, -0.25) is 14.3 Å². The quantitative estimate of drug-likeness (QED) is 0.371. The summed E-state index contributed by atoms with van der Waals surface area (Å²) in [5.74, 6) is 1.57. The van der Waals surface area contributed by atoms with E-state index in [2.05, 4.69) is 45.7 Å². The van der Waals surface area contributed by atoms with Gasteiger partial charge in [-0.05, 0) is 125 Å². The Bertz CT molecular complexity index is 1600. The first kappa shape index (κ1) is 35.9. The fourth-order valence-electron chi connectivity index (χ4n) is 8.23. The molecule has 6 unspecified atom stereocenters. The first-order chi connectivity index (χ1) is 23.4. The number of carbonyl (C=O) groups is 2. The van der Waals surface area contributed by atoms with Crippen molar-refractivity contribution in [3.63, 3.8) is 0 Å². The maximum absolute atomic E-state index is 13.6. The first-order valence-corrected chi connectivity index (χ1v) is 19.6. The lowest BCUT2D eigenvalue weighted by Gasteiger charge is -2.46. The van der Waals surface area contributed by atoms with Crippen molar-refractivity contribution >= 4 is 40.1 Å². The number of halogens is 1. The Morgan fingerprint density at radius 3 is 2.69 bits per heavy atom. The Kier molecular flexibility index (Phi) is 11.1. The molecule has 10 heteroatoms. The van der Waals surface area contributed by atoms with Crippen LogP contribution >= 0.6 is 11.6 Å². The van der Waals surface area contributed by atoms with Gasteiger partial charge >= 0.3 is 0 Å². The monoisotopic (exact) mass is 708 g/mol. The number of allylic oxidation sites excluding steroid dienone is 2. The van der Waals surface area contributed by atoms with Crippen molar-refractivity contribution in [3.8, 4) is 5.75 Å². The standard InChI is InChI=1S/C39H53ClN4O4S/c1-26-8-6-9-28(22-37(45)43(5)19-18-42(3)4)33-14-11-31(33)23-44-24-39(17-7-10-29-20-32(40)13-15-34(29)39)25-48-36-16-12-30(21-35(36)44)38(46)41-49(47)27(26)2/h6,9,12-13,15-16,20-21,26-28,31,33H,7-8,10-11,14,17-19,22-25H2,1-5H3,(H,41,46)/b9-6+/t26?,27?,28?,31?,33?,39-,49?/m0/s1. The third-order valence-electron chi connectivity index (χ3n) is 11.7. The number of fused-ring (bicyclic) bond motifs is 4. The van der Waals surface area contributed by atoms with Gasteiger partial charge in [0.1, 0.15) is 16.7 Å². The number of carbonyl (C=O) groups excluding carboxylic acids is 2. The smallest absolute Gasteiger partial charge is 0.263 e. The molecule has 8 nitrogen and oxygen atoms in total. The van der Waals surface area contributed by atoms with Crippen LogP contribution in [-0.4, -0.2) is 85.0 Å². The van der Waals surface area contributed by atoms with Crippen molar-refractivity contribution in [2.24, 2.45) is 23.7 Å². The summed E-state index contributed by atoms with van der Waals surface area (Å²) in [6.45, 7) is 7.65. The molecule has 1 saturated carbocycles. The Hall–Kier alpha value is -2.88. The molecule has 2 aromatic carbocycles. The van der Waals surface area contributed by atoms with Crippen LogP contribution in [0.2, 0.25) is 5.02 Å². The van der Waals surface area contributed by atoms with Crippen LogP contribution in [0.5, 0.6) is 5.75 Å². The maximum Gasteiger partial charge on any atom is 0.263 e. The first-order valence-electron chi connectivity index (χ1n) is 18.0. The number of nitrogens with zero attached hydrogens (tertiary/aromatic N) is 3. The number of rotatable bonds is 5. The second-order valence-electron chi connectivity index (χ2n) is 15.3. The SMILES string of the molecule is CC1C/C=C/C(CC(=O)N(C)CCN(C)C)C2CCC2CN2C[C@@]3(CCCc4cc(Cl)ccc43)COc3ccc(cc32)C(=O)NS(=O)C1C. The highest BCUT2D eigenvalue weighted by Crippen LogP contribution is 2.48. The zero-order valence-corrected chi connectivity index (χ0v) is 31.3. The molecule has 0 radical (unpaired) electrons. The van der Waals surface area contributed by atoms with E-state index in [1.54, 1.807) is 6.07 Å². The van der Waals surface area contributed by atoms with E-state index >= 15 is 0 Å². The summed E-state index contributed by atoms with van der Waals surface area (Å²) in [7, 11) is 4.42. The van der Waals surface area contributed by atoms with E-state index in [9.17, 15) is 13.8 Å². The molecule has 2 aliphatic carbocycles. The van der Waals surface area contributed by atoms with Gasteiger partial charge in [0.25, 0.3) is 5.91 Å². The van der Waals surface area contributed by atoms with E-state index in [4.69, 9.17) is 16.3 Å².